The number of hydrogen-bond donors (Lipinski definition) is 1. The van der Waals surface area contributed by atoms with Gasteiger partial charge in [-0.25, -0.2) is 4.39 Å². The molecule has 0 unspecified atom stereocenters. The number of anilines is 1. The average molecular weight is 272 g/mol. The van der Waals surface area contributed by atoms with E-state index in [-0.39, 0.29) is 18.1 Å². The van der Waals surface area contributed by atoms with E-state index >= 15 is 0 Å². The molecule has 0 radical (unpaired) electrons. The molecule has 0 spiro atoms. The van der Waals surface area contributed by atoms with Crippen LogP contribution in [-0.2, 0) is 17.8 Å². The summed E-state index contributed by atoms with van der Waals surface area (Å²) in [5.41, 5.74) is 8.19. The van der Waals surface area contributed by atoms with Crippen LogP contribution in [0.25, 0.3) is 0 Å². The average Bonchev–Trinajstić information content (AvgIpc) is 2.48. The smallest absolute Gasteiger partial charge is 0.231 e. The summed E-state index contributed by atoms with van der Waals surface area (Å²) >= 11 is 0. The van der Waals surface area contributed by atoms with Crippen molar-refractivity contribution in [1.29, 1.82) is 0 Å². The maximum absolute atomic E-state index is 12.8. The van der Waals surface area contributed by atoms with Crippen molar-refractivity contribution in [1.82, 2.24) is 0 Å². The first kappa shape index (κ1) is 14.2. The molecule has 0 aromatic heterocycles. The summed E-state index contributed by atoms with van der Waals surface area (Å²) in [5, 5.41) is 0. The number of benzene rings is 2. The van der Waals surface area contributed by atoms with E-state index in [0.717, 1.165) is 16.8 Å². The van der Waals surface area contributed by atoms with Crippen LogP contribution >= 0.6 is 0 Å². The van der Waals surface area contributed by atoms with Gasteiger partial charge in [-0.15, -0.1) is 0 Å². The highest BCUT2D eigenvalue weighted by atomic mass is 19.1. The number of carbonyl (C=O) groups is 1. The molecule has 0 heterocycles. The number of carbonyl (C=O) groups excluding carboxylic acids is 1. The highest BCUT2D eigenvalue weighted by Crippen LogP contribution is 2.19. The Morgan fingerprint density at radius 3 is 2.45 bits per heavy atom. The van der Waals surface area contributed by atoms with Crippen LogP contribution < -0.4 is 10.6 Å². The van der Waals surface area contributed by atoms with Crippen molar-refractivity contribution in [2.75, 3.05) is 11.9 Å². The van der Waals surface area contributed by atoms with E-state index in [1.54, 1.807) is 24.1 Å². The van der Waals surface area contributed by atoms with Gasteiger partial charge in [0.25, 0.3) is 0 Å². The van der Waals surface area contributed by atoms with E-state index in [1.165, 1.54) is 12.1 Å². The van der Waals surface area contributed by atoms with Gasteiger partial charge in [-0.2, -0.15) is 0 Å². The number of amides is 1. The first-order chi connectivity index (χ1) is 9.61. The number of nitrogens with two attached hydrogens (primary N) is 1. The Bertz CT molecular complexity index is 596. The van der Waals surface area contributed by atoms with Crippen molar-refractivity contribution < 1.29 is 9.18 Å². The lowest BCUT2D eigenvalue weighted by atomic mass is 10.1. The zero-order valence-electron chi connectivity index (χ0n) is 11.3. The van der Waals surface area contributed by atoms with Gasteiger partial charge in [0.05, 0.1) is 6.42 Å². The molecule has 0 saturated heterocycles. The molecule has 2 aromatic rings. The Labute approximate surface area is 117 Å². The lowest BCUT2D eigenvalue weighted by Crippen LogP contribution is -2.29. The summed E-state index contributed by atoms with van der Waals surface area (Å²) in [5.74, 6) is -0.361. The fraction of sp³-hybridized carbons (Fsp3) is 0.188. The van der Waals surface area contributed by atoms with Crippen molar-refractivity contribution in [3.8, 4) is 0 Å². The minimum Gasteiger partial charge on any atom is -0.326 e. The highest BCUT2D eigenvalue weighted by molar-refractivity contribution is 5.94. The van der Waals surface area contributed by atoms with E-state index in [0.29, 0.717) is 6.54 Å². The SMILES string of the molecule is CN(C(=O)Cc1ccc(F)cc1)c1ccccc1CN. The fourth-order valence-corrected chi connectivity index (χ4v) is 2.04. The standard InChI is InChI=1S/C16H17FN2O/c1-19(15-5-3-2-4-13(15)11-18)16(20)10-12-6-8-14(17)9-7-12/h2-9H,10-11,18H2,1H3. The molecule has 0 aliphatic carbocycles. The number of para-hydroxylation sites is 1. The quantitative estimate of drug-likeness (QED) is 0.929. The molecule has 1 amide bonds. The molecular formula is C16H17FN2O. The van der Waals surface area contributed by atoms with Crippen molar-refractivity contribution in [3.05, 3.63) is 65.5 Å². The first-order valence-corrected chi connectivity index (χ1v) is 6.41. The molecule has 3 nitrogen and oxygen atoms in total. The van der Waals surface area contributed by atoms with Crippen LogP contribution in [0.5, 0.6) is 0 Å². The van der Waals surface area contributed by atoms with Crippen LogP contribution in [0.15, 0.2) is 48.5 Å². The number of halogens is 1. The molecule has 4 heteroatoms. The first-order valence-electron chi connectivity index (χ1n) is 6.41. The Morgan fingerprint density at radius 1 is 1.15 bits per heavy atom. The third-order valence-corrected chi connectivity index (χ3v) is 3.22. The minimum absolute atomic E-state index is 0.0579. The molecule has 104 valence electrons. The van der Waals surface area contributed by atoms with Crippen molar-refractivity contribution in [2.24, 2.45) is 5.73 Å². The van der Waals surface area contributed by atoms with E-state index in [9.17, 15) is 9.18 Å². The van der Waals surface area contributed by atoms with Gasteiger partial charge in [0, 0.05) is 19.3 Å². The highest BCUT2D eigenvalue weighted by Gasteiger charge is 2.14. The Kier molecular flexibility index (Phi) is 4.48. The maximum Gasteiger partial charge on any atom is 0.231 e. The van der Waals surface area contributed by atoms with Crippen molar-refractivity contribution in [2.45, 2.75) is 13.0 Å². The van der Waals surface area contributed by atoms with Crippen LogP contribution in [-0.4, -0.2) is 13.0 Å². The van der Waals surface area contributed by atoms with Gasteiger partial charge >= 0.3 is 0 Å². The third-order valence-electron chi connectivity index (χ3n) is 3.22. The Hall–Kier alpha value is -2.20. The van der Waals surface area contributed by atoms with Gasteiger partial charge in [0.15, 0.2) is 0 Å². The van der Waals surface area contributed by atoms with Crippen molar-refractivity contribution >= 4 is 11.6 Å². The number of likely N-dealkylation sites (N-methyl/N-ethyl adjacent to an activating group) is 1. The van der Waals surface area contributed by atoms with Crippen LogP contribution in [0.1, 0.15) is 11.1 Å². The van der Waals surface area contributed by atoms with Gasteiger partial charge in [0.1, 0.15) is 5.82 Å². The molecule has 0 atom stereocenters. The summed E-state index contributed by atoms with van der Waals surface area (Å²) in [6.45, 7) is 0.379. The zero-order chi connectivity index (χ0) is 14.5. The molecule has 2 rings (SSSR count). The molecule has 0 fully saturated rings. The van der Waals surface area contributed by atoms with E-state index in [2.05, 4.69) is 0 Å². The largest absolute Gasteiger partial charge is 0.326 e. The Balaban J connectivity index is 2.14. The van der Waals surface area contributed by atoms with Crippen LogP contribution in [0.3, 0.4) is 0 Å². The fourth-order valence-electron chi connectivity index (χ4n) is 2.04. The van der Waals surface area contributed by atoms with Gasteiger partial charge < -0.3 is 10.6 Å². The predicted octanol–water partition coefficient (Wildman–Crippen LogP) is 2.49. The summed E-state index contributed by atoms with van der Waals surface area (Å²) in [6, 6.07) is 13.5. The Morgan fingerprint density at radius 2 is 1.80 bits per heavy atom. The van der Waals surface area contributed by atoms with Crippen LogP contribution in [0.2, 0.25) is 0 Å². The summed E-state index contributed by atoms with van der Waals surface area (Å²) in [4.78, 5) is 13.8. The molecule has 20 heavy (non-hydrogen) atoms. The monoisotopic (exact) mass is 272 g/mol. The summed E-state index contributed by atoms with van der Waals surface area (Å²) in [7, 11) is 1.72. The maximum atomic E-state index is 12.8. The van der Waals surface area contributed by atoms with Gasteiger partial charge in [-0.3, -0.25) is 4.79 Å². The summed E-state index contributed by atoms with van der Waals surface area (Å²) in [6.07, 6.45) is 0.232. The molecule has 0 bridgehead atoms. The molecule has 2 aromatic carbocycles. The molecule has 0 saturated carbocycles. The number of hydrogen-bond acceptors (Lipinski definition) is 2. The third kappa shape index (κ3) is 3.22. The second-order valence-corrected chi connectivity index (χ2v) is 4.59. The van der Waals surface area contributed by atoms with E-state index in [4.69, 9.17) is 5.73 Å². The van der Waals surface area contributed by atoms with Crippen LogP contribution in [0, 0.1) is 5.82 Å². The van der Waals surface area contributed by atoms with E-state index in [1.807, 2.05) is 24.3 Å². The lowest BCUT2D eigenvalue weighted by Gasteiger charge is -2.20. The molecule has 0 aliphatic heterocycles. The van der Waals surface area contributed by atoms with E-state index < -0.39 is 0 Å². The molecule has 0 aliphatic rings. The topological polar surface area (TPSA) is 46.3 Å². The normalized spacial score (nSPS) is 10.3. The molecular weight excluding hydrogens is 255 g/mol. The summed E-state index contributed by atoms with van der Waals surface area (Å²) < 4.78 is 12.8. The number of rotatable bonds is 4. The van der Waals surface area contributed by atoms with Gasteiger partial charge in [0.2, 0.25) is 5.91 Å². The second-order valence-electron chi connectivity index (χ2n) is 4.59. The predicted molar refractivity (Wildman–Crippen MR) is 77.8 cm³/mol. The number of nitrogens with zero attached hydrogens (tertiary/aromatic N) is 1. The second kappa shape index (κ2) is 6.30. The molecule has 2 N–H and O–H groups in total. The lowest BCUT2D eigenvalue weighted by molar-refractivity contribution is -0.117. The van der Waals surface area contributed by atoms with Crippen LogP contribution in [0.4, 0.5) is 10.1 Å². The zero-order valence-corrected chi connectivity index (χ0v) is 11.3. The van der Waals surface area contributed by atoms with Crippen molar-refractivity contribution in [3.63, 3.8) is 0 Å². The minimum atomic E-state index is -0.303. The van der Waals surface area contributed by atoms with Gasteiger partial charge in [-0.1, -0.05) is 30.3 Å². The van der Waals surface area contributed by atoms with Gasteiger partial charge in [-0.05, 0) is 29.3 Å².